The fourth-order valence-electron chi connectivity index (χ4n) is 3.54. The van der Waals surface area contributed by atoms with Gasteiger partial charge in [0.15, 0.2) is 0 Å². The quantitative estimate of drug-likeness (QED) is 0.866. The Hall–Kier alpha value is -2.82. The highest BCUT2D eigenvalue weighted by Gasteiger charge is 2.33. The highest BCUT2D eigenvalue weighted by molar-refractivity contribution is 6.01. The van der Waals surface area contributed by atoms with Crippen molar-refractivity contribution in [2.45, 2.75) is 13.3 Å². The van der Waals surface area contributed by atoms with Crippen molar-refractivity contribution in [3.63, 3.8) is 0 Å². The Balaban J connectivity index is 1.44. The summed E-state index contributed by atoms with van der Waals surface area (Å²) in [6, 6.07) is 15.8. The third kappa shape index (κ3) is 2.86. The molecule has 25 heavy (non-hydrogen) atoms. The van der Waals surface area contributed by atoms with Gasteiger partial charge in [-0.05, 0) is 37.1 Å². The molecule has 2 aliphatic heterocycles. The van der Waals surface area contributed by atoms with Gasteiger partial charge < -0.3 is 9.80 Å². The SMILES string of the molecule is Cc1ccc(N2CCN(CC(=O)N3CCc4ccccc43)C2=O)cc1. The van der Waals surface area contributed by atoms with Crippen molar-refractivity contribution in [1.29, 1.82) is 0 Å². The Bertz CT molecular complexity index is 816. The van der Waals surface area contributed by atoms with E-state index in [1.165, 1.54) is 5.56 Å². The maximum atomic E-state index is 12.7. The lowest BCUT2D eigenvalue weighted by Gasteiger charge is -2.22. The van der Waals surface area contributed by atoms with Crippen LogP contribution in [0.4, 0.5) is 16.2 Å². The average molecular weight is 335 g/mol. The first-order chi connectivity index (χ1) is 12.1. The van der Waals surface area contributed by atoms with Crippen LogP contribution in [0, 0.1) is 6.92 Å². The smallest absolute Gasteiger partial charge is 0.313 e. The van der Waals surface area contributed by atoms with Gasteiger partial charge in [0.05, 0.1) is 0 Å². The van der Waals surface area contributed by atoms with Crippen LogP contribution in [0.3, 0.4) is 0 Å². The Morgan fingerprint density at radius 2 is 1.76 bits per heavy atom. The number of hydrogen-bond acceptors (Lipinski definition) is 2. The number of carbonyl (C=O) groups is 2. The van der Waals surface area contributed by atoms with Gasteiger partial charge in [-0.2, -0.15) is 0 Å². The van der Waals surface area contributed by atoms with Crippen LogP contribution < -0.4 is 9.80 Å². The topological polar surface area (TPSA) is 43.9 Å². The summed E-state index contributed by atoms with van der Waals surface area (Å²) in [7, 11) is 0. The lowest BCUT2D eigenvalue weighted by Crippen LogP contribution is -2.41. The minimum Gasteiger partial charge on any atom is -0.313 e. The number of aryl methyl sites for hydroxylation is 1. The number of benzene rings is 2. The van der Waals surface area contributed by atoms with E-state index in [9.17, 15) is 9.59 Å². The first kappa shape index (κ1) is 15.7. The maximum absolute atomic E-state index is 12.7. The number of hydrogen-bond donors (Lipinski definition) is 0. The molecular weight excluding hydrogens is 314 g/mol. The largest absolute Gasteiger partial charge is 0.325 e. The van der Waals surface area contributed by atoms with Gasteiger partial charge >= 0.3 is 6.03 Å². The summed E-state index contributed by atoms with van der Waals surface area (Å²) in [6.07, 6.45) is 0.880. The summed E-state index contributed by atoms with van der Waals surface area (Å²) in [4.78, 5) is 30.6. The number of amides is 3. The fraction of sp³-hybridized carbons (Fsp3) is 0.300. The molecule has 2 aromatic carbocycles. The molecule has 0 atom stereocenters. The molecule has 5 nitrogen and oxygen atoms in total. The standard InChI is InChI=1S/C20H21N3O2/c1-15-6-8-17(9-7-15)22-13-12-21(20(22)25)14-19(24)23-11-10-16-4-2-3-5-18(16)23/h2-9H,10-14H2,1H3. The number of nitrogens with zero attached hydrogens (tertiary/aromatic N) is 3. The summed E-state index contributed by atoms with van der Waals surface area (Å²) in [5, 5.41) is 0. The molecule has 2 heterocycles. The third-order valence-electron chi connectivity index (χ3n) is 4.95. The van der Waals surface area contributed by atoms with Crippen LogP contribution >= 0.6 is 0 Å². The number of fused-ring (bicyclic) bond motifs is 1. The van der Waals surface area contributed by atoms with Gasteiger partial charge in [0.1, 0.15) is 6.54 Å². The Labute approximate surface area is 147 Å². The molecule has 0 unspecified atom stereocenters. The van der Waals surface area contributed by atoms with E-state index in [4.69, 9.17) is 0 Å². The zero-order valence-electron chi connectivity index (χ0n) is 14.3. The molecule has 0 aromatic heterocycles. The summed E-state index contributed by atoms with van der Waals surface area (Å²) >= 11 is 0. The number of anilines is 2. The molecule has 1 fully saturated rings. The first-order valence-electron chi connectivity index (χ1n) is 8.65. The van der Waals surface area contributed by atoms with E-state index < -0.39 is 0 Å². The molecule has 0 saturated carbocycles. The van der Waals surface area contributed by atoms with Crippen molar-refractivity contribution < 1.29 is 9.59 Å². The van der Waals surface area contributed by atoms with E-state index >= 15 is 0 Å². The van der Waals surface area contributed by atoms with Gasteiger partial charge in [0, 0.05) is 31.0 Å². The monoisotopic (exact) mass is 335 g/mol. The summed E-state index contributed by atoms with van der Waals surface area (Å²) < 4.78 is 0. The molecule has 4 rings (SSSR count). The molecule has 1 saturated heterocycles. The van der Waals surface area contributed by atoms with E-state index in [1.54, 1.807) is 14.7 Å². The van der Waals surface area contributed by atoms with Crippen LogP contribution in [0.2, 0.25) is 0 Å². The molecule has 3 amide bonds. The van der Waals surface area contributed by atoms with Gasteiger partial charge in [-0.3, -0.25) is 9.69 Å². The summed E-state index contributed by atoms with van der Waals surface area (Å²) in [5.74, 6) is -0.0101. The molecule has 5 heteroatoms. The molecule has 0 radical (unpaired) electrons. The third-order valence-corrected chi connectivity index (χ3v) is 4.95. The van der Waals surface area contributed by atoms with Gasteiger partial charge in [0.25, 0.3) is 0 Å². The highest BCUT2D eigenvalue weighted by atomic mass is 16.2. The zero-order chi connectivity index (χ0) is 17.4. The fourth-order valence-corrected chi connectivity index (χ4v) is 3.54. The summed E-state index contributed by atoms with van der Waals surface area (Å²) in [6.45, 7) is 4.05. The number of urea groups is 1. The second kappa shape index (κ2) is 6.24. The molecule has 0 aliphatic carbocycles. The molecule has 0 spiro atoms. The minimum absolute atomic E-state index is 0.0101. The molecular formula is C20H21N3O2. The van der Waals surface area contributed by atoms with Crippen molar-refractivity contribution in [3.05, 3.63) is 59.7 Å². The summed E-state index contributed by atoms with van der Waals surface area (Å²) in [5.41, 5.74) is 4.23. The van der Waals surface area contributed by atoms with Gasteiger partial charge in [-0.25, -0.2) is 4.79 Å². The second-order valence-corrected chi connectivity index (χ2v) is 6.62. The molecule has 128 valence electrons. The van der Waals surface area contributed by atoms with E-state index in [-0.39, 0.29) is 18.5 Å². The van der Waals surface area contributed by atoms with Crippen molar-refractivity contribution in [2.75, 3.05) is 36.0 Å². The minimum atomic E-state index is -0.0929. The Kier molecular flexibility index (Phi) is 3.92. The number of rotatable bonds is 3. The van der Waals surface area contributed by atoms with Crippen LogP contribution in [-0.2, 0) is 11.2 Å². The van der Waals surface area contributed by atoms with Crippen LogP contribution in [0.1, 0.15) is 11.1 Å². The van der Waals surface area contributed by atoms with Crippen LogP contribution in [-0.4, -0.2) is 43.0 Å². The number of carbonyl (C=O) groups excluding carboxylic acids is 2. The normalized spacial score (nSPS) is 16.5. The second-order valence-electron chi connectivity index (χ2n) is 6.62. The van der Waals surface area contributed by atoms with Crippen molar-refractivity contribution in [1.82, 2.24) is 4.90 Å². The lowest BCUT2D eigenvalue weighted by molar-refractivity contribution is -0.118. The van der Waals surface area contributed by atoms with E-state index in [2.05, 4.69) is 6.07 Å². The molecule has 2 aromatic rings. The average Bonchev–Trinajstić information content (AvgIpc) is 3.20. The van der Waals surface area contributed by atoms with Crippen LogP contribution in [0.5, 0.6) is 0 Å². The van der Waals surface area contributed by atoms with Crippen molar-refractivity contribution >= 4 is 23.3 Å². The van der Waals surface area contributed by atoms with E-state index in [1.807, 2.05) is 49.4 Å². The highest BCUT2D eigenvalue weighted by Crippen LogP contribution is 2.28. The maximum Gasteiger partial charge on any atom is 0.325 e. The predicted molar refractivity (Wildman–Crippen MR) is 98.0 cm³/mol. The van der Waals surface area contributed by atoms with Crippen molar-refractivity contribution in [3.8, 4) is 0 Å². The van der Waals surface area contributed by atoms with E-state index in [0.717, 1.165) is 23.4 Å². The molecule has 0 bridgehead atoms. The Morgan fingerprint density at radius 1 is 1.00 bits per heavy atom. The first-order valence-corrected chi connectivity index (χ1v) is 8.65. The van der Waals surface area contributed by atoms with E-state index in [0.29, 0.717) is 19.6 Å². The Morgan fingerprint density at radius 3 is 2.56 bits per heavy atom. The van der Waals surface area contributed by atoms with Crippen LogP contribution in [0.25, 0.3) is 0 Å². The number of para-hydroxylation sites is 1. The van der Waals surface area contributed by atoms with Gasteiger partial charge in [0.2, 0.25) is 5.91 Å². The van der Waals surface area contributed by atoms with Crippen molar-refractivity contribution in [2.24, 2.45) is 0 Å². The lowest BCUT2D eigenvalue weighted by atomic mass is 10.2. The van der Waals surface area contributed by atoms with Gasteiger partial charge in [-0.15, -0.1) is 0 Å². The van der Waals surface area contributed by atoms with Gasteiger partial charge in [-0.1, -0.05) is 35.9 Å². The zero-order valence-corrected chi connectivity index (χ0v) is 14.3. The molecule has 0 N–H and O–H groups in total. The van der Waals surface area contributed by atoms with Crippen LogP contribution in [0.15, 0.2) is 48.5 Å². The molecule has 2 aliphatic rings. The predicted octanol–water partition coefficient (Wildman–Crippen LogP) is 2.83.